The van der Waals surface area contributed by atoms with E-state index in [9.17, 15) is 0 Å². The summed E-state index contributed by atoms with van der Waals surface area (Å²) in [5, 5.41) is 6.84. The summed E-state index contributed by atoms with van der Waals surface area (Å²) in [5.41, 5.74) is 5.22. The quantitative estimate of drug-likeness (QED) is 0.188. The van der Waals surface area contributed by atoms with Crippen molar-refractivity contribution >= 4 is 5.96 Å². The average molecular weight is 126 g/mol. The van der Waals surface area contributed by atoms with Gasteiger partial charge < -0.3 is 11.6 Å². The second-order valence-corrected chi connectivity index (χ2v) is 1.33. The minimum Gasteiger partial charge on any atom is -0.366 e. The first-order valence-corrected chi connectivity index (χ1v) is 2.23. The van der Waals surface area contributed by atoms with Crippen LogP contribution in [0.1, 0.15) is 0 Å². The van der Waals surface area contributed by atoms with Gasteiger partial charge in [-0.2, -0.15) is 9.78 Å². The van der Waals surface area contributed by atoms with Gasteiger partial charge in [-0.1, -0.05) is 0 Å². The van der Waals surface area contributed by atoms with E-state index in [2.05, 4.69) is 15.2 Å². The van der Waals surface area contributed by atoms with E-state index < -0.39 is 0 Å². The highest BCUT2D eigenvalue weighted by Gasteiger charge is 1.91. The molecule has 1 aromatic heterocycles. The first-order valence-electron chi connectivity index (χ1n) is 2.23. The molecule has 0 aliphatic rings. The summed E-state index contributed by atoms with van der Waals surface area (Å²) in [6.07, 6.45) is 2.75. The summed E-state index contributed by atoms with van der Waals surface area (Å²) < 4.78 is 1.26. The summed E-state index contributed by atoms with van der Waals surface area (Å²) in [7, 11) is 0. The van der Waals surface area contributed by atoms with E-state index in [0.29, 0.717) is 0 Å². The van der Waals surface area contributed by atoms with Gasteiger partial charge in [-0.25, -0.2) is 4.98 Å². The van der Waals surface area contributed by atoms with Crippen molar-refractivity contribution in [3.63, 3.8) is 0 Å². The number of nitrogens with zero attached hydrogens (tertiary/aromatic N) is 4. The Kier molecular flexibility index (Phi) is 1.31. The predicted molar refractivity (Wildman–Crippen MR) is 31.2 cm³/mol. The molecule has 0 unspecified atom stereocenters. The first-order chi connectivity index (χ1) is 4.34. The predicted octanol–water partition coefficient (Wildman–Crippen LogP) is -1.69. The van der Waals surface area contributed by atoms with E-state index in [4.69, 9.17) is 11.6 Å². The largest absolute Gasteiger partial charge is 0.366 e. The Morgan fingerprint density at radius 3 is 2.89 bits per heavy atom. The molecule has 0 aromatic carbocycles. The fourth-order valence-corrected chi connectivity index (χ4v) is 0.386. The molecule has 6 heteroatoms. The average Bonchev–Trinajstić information content (AvgIpc) is 2.37. The van der Waals surface area contributed by atoms with Crippen LogP contribution in [0.15, 0.2) is 17.8 Å². The smallest absolute Gasteiger partial charge is 0.239 e. The van der Waals surface area contributed by atoms with Crippen molar-refractivity contribution < 1.29 is 0 Å². The van der Waals surface area contributed by atoms with Gasteiger partial charge in [0.15, 0.2) is 0 Å². The molecule has 0 spiro atoms. The fraction of sp³-hybridized carbons (Fsp3) is 0. The van der Waals surface area contributed by atoms with Gasteiger partial charge in [-0.15, -0.1) is 5.10 Å². The Morgan fingerprint density at radius 2 is 2.44 bits per heavy atom. The molecule has 6 nitrogen and oxygen atoms in total. The minimum atomic E-state index is 0.118. The molecule has 0 aliphatic heterocycles. The van der Waals surface area contributed by atoms with Crippen LogP contribution in [0, 0.1) is 0 Å². The Hall–Kier alpha value is -1.59. The van der Waals surface area contributed by atoms with E-state index in [0.717, 1.165) is 0 Å². The van der Waals surface area contributed by atoms with Crippen LogP contribution in [0.2, 0.25) is 0 Å². The maximum absolute atomic E-state index is 5.22. The van der Waals surface area contributed by atoms with E-state index >= 15 is 0 Å². The highest BCUT2D eigenvalue weighted by Crippen LogP contribution is 1.73. The Morgan fingerprint density at radius 1 is 1.67 bits per heavy atom. The van der Waals surface area contributed by atoms with Crippen LogP contribution in [0.3, 0.4) is 0 Å². The standard InChI is InChI=1S/C3H6N6/c4-3(8-5)9-2-6-1-7-9/h1-2H,5H2,(H2,4,8). The molecule has 0 fully saturated rings. The number of hydrogen-bond acceptors (Lipinski definition) is 4. The summed E-state index contributed by atoms with van der Waals surface area (Å²) >= 11 is 0. The van der Waals surface area contributed by atoms with Gasteiger partial charge in [0.2, 0.25) is 5.96 Å². The molecule has 9 heavy (non-hydrogen) atoms. The van der Waals surface area contributed by atoms with Crippen molar-refractivity contribution in [1.82, 2.24) is 14.8 Å². The minimum absolute atomic E-state index is 0.118. The molecule has 0 aliphatic carbocycles. The molecule has 0 atom stereocenters. The van der Waals surface area contributed by atoms with E-state index in [-0.39, 0.29) is 5.96 Å². The molecule has 4 N–H and O–H groups in total. The molecule has 1 aromatic rings. The summed E-state index contributed by atoms with van der Waals surface area (Å²) in [4.78, 5) is 3.63. The van der Waals surface area contributed by atoms with Gasteiger partial charge >= 0.3 is 0 Å². The second kappa shape index (κ2) is 2.12. The maximum atomic E-state index is 5.22. The molecule has 1 heterocycles. The van der Waals surface area contributed by atoms with Crippen molar-refractivity contribution in [3.8, 4) is 0 Å². The number of aromatic nitrogens is 3. The van der Waals surface area contributed by atoms with Gasteiger partial charge in [0.25, 0.3) is 0 Å². The third-order valence-electron chi connectivity index (χ3n) is 0.786. The lowest BCUT2D eigenvalue weighted by Crippen LogP contribution is -2.24. The molecular weight excluding hydrogens is 120 g/mol. The fourth-order valence-electron chi connectivity index (χ4n) is 0.386. The van der Waals surface area contributed by atoms with Gasteiger partial charge in [-0.05, 0) is 0 Å². The molecule has 1 rings (SSSR count). The van der Waals surface area contributed by atoms with Crippen LogP contribution in [-0.2, 0) is 0 Å². The highest BCUT2D eigenvalue weighted by molar-refractivity contribution is 5.78. The normalized spacial score (nSPS) is 11.8. The Bertz CT molecular complexity index is 198. The molecule has 0 radical (unpaired) electrons. The van der Waals surface area contributed by atoms with Crippen LogP contribution in [0.5, 0.6) is 0 Å². The number of nitrogens with two attached hydrogens (primary N) is 2. The van der Waals surface area contributed by atoms with Crippen molar-refractivity contribution in [2.75, 3.05) is 0 Å². The third-order valence-corrected chi connectivity index (χ3v) is 0.786. The molecule has 0 amide bonds. The van der Waals surface area contributed by atoms with Crippen molar-refractivity contribution in [1.29, 1.82) is 0 Å². The molecule has 48 valence electrons. The number of hydrogen-bond donors (Lipinski definition) is 2. The zero-order chi connectivity index (χ0) is 6.69. The van der Waals surface area contributed by atoms with E-state index in [1.54, 1.807) is 0 Å². The zero-order valence-electron chi connectivity index (χ0n) is 4.60. The lowest BCUT2D eigenvalue weighted by Gasteiger charge is -1.92. The summed E-state index contributed by atoms with van der Waals surface area (Å²) in [6.45, 7) is 0. The molecule has 0 saturated heterocycles. The van der Waals surface area contributed by atoms with E-state index in [1.165, 1.54) is 17.3 Å². The van der Waals surface area contributed by atoms with Crippen LogP contribution in [-0.4, -0.2) is 20.7 Å². The number of hydrazone groups is 1. The summed E-state index contributed by atoms with van der Waals surface area (Å²) in [5.74, 6) is 4.96. The molecule has 0 saturated carbocycles. The van der Waals surface area contributed by atoms with Crippen molar-refractivity contribution in [2.45, 2.75) is 0 Å². The highest BCUT2D eigenvalue weighted by atomic mass is 15.4. The Balaban J connectivity index is 2.90. The van der Waals surface area contributed by atoms with E-state index in [1.807, 2.05) is 0 Å². The maximum Gasteiger partial charge on any atom is 0.239 e. The SMILES string of the molecule is NN=C(N)n1cncn1. The van der Waals surface area contributed by atoms with Crippen molar-refractivity contribution in [2.24, 2.45) is 16.7 Å². The zero-order valence-corrected chi connectivity index (χ0v) is 4.60. The summed E-state index contributed by atoms with van der Waals surface area (Å²) in [6, 6.07) is 0. The topological polar surface area (TPSA) is 95.1 Å². The first kappa shape index (κ1) is 5.54. The second-order valence-electron chi connectivity index (χ2n) is 1.33. The molecule has 0 bridgehead atoms. The third kappa shape index (κ3) is 0.958. The van der Waals surface area contributed by atoms with Gasteiger partial charge in [-0.3, -0.25) is 0 Å². The van der Waals surface area contributed by atoms with Crippen molar-refractivity contribution in [3.05, 3.63) is 12.7 Å². The van der Waals surface area contributed by atoms with Crippen LogP contribution < -0.4 is 11.6 Å². The van der Waals surface area contributed by atoms with Crippen LogP contribution >= 0.6 is 0 Å². The van der Waals surface area contributed by atoms with Gasteiger partial charge in [0.05, 0.1) is 0 Å². The monoisotopic (exact) mass is 126 g/mol. The lowest BCUT2D eigenvalue weighted by molar-refractivity contribution is 0.907. The van der Waals surface area contributed by atoms with Gasteiger partial charge in [0, 0.05) is 0 Å². The van der Waals surface area contributed by atoms with Crippen LogP contribution in [0.4, 0.5) is 0 Å². The molecular formula is C3H6N6. The Labute approximate surface area is 51.2 Å². The van der Waals surface area contributed by atoms with Crippen LogP contribution in [0.25, 0.3) is 0 Å². The lowest BCUT2D eigenvalue weighted by atomic mass is 11.0. The number of rotatable bonds is 0. The van der Waals surface area contributed by atoms with Gasteiger partial charge in [0.1, 0.15) is 12.7 Å².